The molecular weight excluding hydrogens is 202 g/mol. The molecule has 16 heavy (non-hydrogen) atoms. The van der Waals surface area contributed by atoms with Gasteiger partial charge in [0.2, 0.25) is 5.91 Å². The van der Waals surface area contributed by atoms with Gasteiger partial charge in [-0.2, -0.15) is 0 Å². The molecule has 0 radical (unpaired) electrons. The molecule has 0 unspecified atom stereocenters. The molecular formula is C12H19N3O. The molecule has 1 atom stereocenters. The van der Waals surface area contributed by atoms with Crippen LogP contribution in [0.5, 0.6) is 0 Å². The Morgan fingerprint density at radius 1 is 1.44 bits per heavy atom. The largest absolute Gasteiger partial charge is 0.320 e. The Hall–Kier alpha value is -1.42. The molecule has 1 aromatic rings. The van der Waals surface area contributed by atoms with Crippen LogP contribution in [0.4, 0.5) is 5.69 Å². The van der Waals surface area contributed by atoms with Crippen molar-refractivity contribution in [2.24, 2.45) is 11.7 Å². The molecule has 0 aliphatic carbocycles. The van der Waals surface area contributed by atoms with Crippen LogP contribution >= 0.6 is 0 Å². The van der Waals surface area contributed by atoms with Gasteiger partial charge in [-0.25, -0.2) is 0 Å². The van der Waals surface area contributed by atoms with Gasteiger partial charge in [-0.05, 0) is 25.0 Å². The minimum atomic E-state index is -0.451. The summed E-state index contributed by atoms with van der Waals surface area (Å²) in [4.78, 5) is 17.7. The fraction of sp³-hybridized carbons (Fsp3) is 0.500. The van der Waals surface area contributed by atoms with E-state index >= 15 is 0 Å². The second-order valence-electron chi connectivity index (χ2n) is 4.06. The number of hydrogen-bond donors (Lipinski definition) is 1. The third-order valence-electron chi connectivity index (χ3n) is 2.56. The van der Waals surface area contributed by atoms with E-state index in [4.69, 9.17) is 5.73 Å². The number of pyridine rings is 1. The number of rotatable bonds is 4. The van der Waals surface area contributed by atoms with Crippen molar-refractivity contribution in [2.75, 3.05) is 11.4 Å². The van der Waals surface area contributed by atoms with Gasteiger partial charge in [0.15, 0.2) is 0 Å². The van der Waals surface area contributed by atoms with E-state index in [1.54, 1.807) is 17.3 Å². The summed E-state index contributed by atoms with van der Waals surface area (Å²) >= 11 is 0. The number of carbonyl (C=O) groups is 1. The molecule has 2 N–H and O–H groups in total. The number of carbonyl (C=O) groups excluding carboxylic acids is 1. The van der Waals surface area contributed by atoms with Crippen LogP contribution in [0.3, 0.4) is 0 Å². The third-order valence-corrected chi connectivity index (χ3v) is 2.56. The minimum absolute atomic E-state index is 0.0382. The lowest BCUT2D eigenvalue weighted by Crippen LogP contribution is -2.46. The molecule has 4 heteroatoms. The molecule has 0 spiro atoms. The van der Waals surface area contributed by atoms with Gasteiger partial charge >= 0.3 is 0 Å². The van der Waals surface area contributed by atoms with E-state index in [0.29, 0.717) is 6.54 Å². The van der Waals surface area contributed by atoms with Crippen molar-refractivity contribution in [3.63, 3.8) is 0 Å². The lowest BCUT2D eigenvalue weighted by Gasteiger charge is -2.25. The van der Waals surface area contributed by atoms with Gasteiger partial charge in [0.05, 0.1) is 6.04 Å². The van der Waals surface area contributed by atoms with Crippen molar-refractivity contribution in [2.45, 2.75) is 26.8 Å². The average molecular weight is 221 g/mol. The zero-order valence-electron chi connectivity index (χ0n) is 10.1. The highest BCUT2D eigenvalue weighted by Crippen LogP contribution is 2.14. The maximum atomic E-state index is 12.1. The van der Waals surface area contributed by atoms with E-state index in [0.717, 1.165) is 5.69 Å². The van der Waals surface area contributed by atoms with Crippen LogP contribution in [0.25, 0.3) is 0 Å². The molecule has 0 bridgehead atoms. The van der Waals surface area contributed by atoms with Gasteiger partial charge < -0.3 is 10.6 Å². The minimum Gasteiger partial charge on any atom is -0.320 e. The van der Waals surface area contributed by atoms with E-state index in [1.165, 1.54) is 0 Å². The Morgan fingerprint density at radius 2 is 2.00 bits per heavy atom. The Morgan fingerprint density at radius 3 is 2.44 bits per heavy atom. The molecule has 0 aliphatic heterocycles. The standard InChI is InChI=1S/C12H19N3O/c1-4-15(10-5-7-14-8-6-10)12(16)11(13)9(2)3/h5-9,11H,4,13H2,1-3H3/t11-/m0/s1. The summed E-state index contributed by atoms with van der Waals surface area (Å²) in [6, 6.07) is 3.18. The van der Waals surface area contributed by atoms with Crippen molar-refractivity contribution in [3.05, 3.63) is 24.5 Å². The number of amides is 1. The monoisotopic (exact) mass is 221 g/mol. The summed E-state index contributed by atoms with van der Waals surface area (Å²) < 4.78 is 0. The van der Waals surface area contributed by atoms with E-state index in [-0.39, 0.29) is 11.8 Å². The highest BCUT2D eigenvalue weighted by molar-refractivity contribution is 5.97. The van der Waals surface area contributed by atoms with E-state index in [2.05, 4.69) is 4.98 Å². The summed E-state index contributed by atoms with van der Waals surface area (Å²) in [5, 5.41) is 0. The summed E-state index contributed by atoms with van der Waals surface area (Å²) in [5.74, 6) is 0.104. The number of nitrogens with two attached hydrogens (primary N) is 1. The van der Waals surface area contributed by atoms with E-state index in [9.17, 15) is 4.79 Å². The van der Waals surface area contributed by atoms with Gasteiger partial charge in [0.25, 0.3) is 0 Å². The molecule has 88 valence electrons. The first kappa shape index (κ1) is 12.6. The summed E-state index contributed by atoms with van der Waals surface area (Å²) in [6.45, 7) is 6.44. The van der Waals surface area contributed by atoms with Crippen molar-refractivity contribution in [3.8, 4) is 0 Å². The molecule has 0 aliphatic rings. The second kappa shape index (κ2) is 5.61. The van der Waals surface area contributed by atoms with Gasteiger partial charge in [0, 0.05) is 24.6 Å². The molecule has 1 aromatic heterocycles. The molecule has 0 aromatic carbocycles. The molecule has 0 saturated heterocycles. The Labute approximate surface area is 96.5 Å². The van der Waals surface area contributed by atoms with Crippen LogP contribution in [0.1, 0.15) is 20.8 Å². The van der Waals surface area contributed by atoms with E-state index < -0.39 is 6.04 Å². The second-order valence-corrected chi connectivity index (χ2v) is 4.06. The fourth-order valence-corrected chi connectivity index (χ4v) is 1.45. The SMILES string of the molecule is CCN(C(=O)[C@@H](N)C(C)C)c1ccncc1. The normalized spacial score (nSPS) is 12.6. The highest BCUT2D eigenvalue weighted by atomic mass is 16.2. The Kier molecular flexibility index (Phi) is 4.43. The van der Waals surface area contributed by atoms with Crippen molar-refractivity contribution in [1.29, 1.82) is 0 Å². The predicted molar refractivity (Wildman–Crippen MR) is 65.1 cm³/mol. The number of aromatic nitrogens is 1. The number of anilines is 1. The van der Waals surface area contributed by atoms with Crippen LogP contribution in [-0.4, -0.2) is 23.5 Å². The Balaban J connectivity index is 2.87. The lowest BCUT2D eigenvalue weighted by molar-refractivity contribution is -0.120. The van der Waals surface area contributed by atoms with Crippen molar-refractivity contribution in [1.82, 2.24) is 4.98 Å². The number of nitrogens with zero attached hydrogens (tertiary/aromatic N) is 2. The first-order valence-corrected chi connectivity index (χ1v) is 5.55. The van der Waals surface area contributed by atoms with Gasteiger partial charge in [-0.15, -0.1) is 0 Å². The van der Waals surface area contributed by atoms with Gasteiger partial charge in [-0.1, -0.05) is 13.8 Å². The molecule has 1 amide bonds. The van der Waals surface area contributed by atoms with Crippen LogP contribution in [-0.2, 0) is 4.79 Å². The quantitative estimate of drug-likeness (QED) is 0.836. The first-order chi connectivity index (χ1) is 7.57. The fourth-order valence-electron chi connectivity index (χ4n) is 1.45. The predicted octanol–water partition coefficient (Wildman–Crippen LogP) is 1.42. The van der Waals surface area contributed by atoms with Crippen LogP contribution in [0, 0.1) is 5.92 Å². The smallest absolute Gasteiger partial charge is 0.244 e. The maximum Gasteiger partial charge on any atom is 0.244 e. The zero-order valence-corrected chi connectivity index (χ0v) is 10.1. The van der Waals surface area contributed by atoms with Crippen LogP contribution in [0.2, 0.25) is 0 Å². The third kappa shape index (κ3) is 2.79. The highest BCUT2D eigenvalue weighted by Gasteiger charge is 2.23. The summed E-state index contributed by atoms with van der Waals surface area (Å²) in [6.07, 6.45) is 3.35. The first-order valence-electron chi connectivity index (χ1n) is 5.55. The summed E-state index contributed by atoms with van der Waals surface area (Å²) in [5.41, 5.74) is 6.71. The topological polar surface area (TPSA) is 59.2 Å². The van der Waals surface area contributed by atoms with Gasteiger partial charge in [0.1, 0.15) is 0 Å². The number of likely N-dealkylation sites (N-methyl/N-ethyl adjacent to an activating group) is 1. The summed E-state index contributed by atoms with van der Waals surface area (Å²) in [7, 11) is 0. The lowest BCUT2D eigenvalue weighted by atomic mass is 10.0. The molecule has 4 nitrogen and oxygen atoms in total. The van der Waals surface area contributed by atoms with E-state index in [1.807, 2.05) is 32.9 Å². The molecule has 1 heterocycles. The molecule has 0 saturated carbocycles. The maximum absolute atomic E-state index is 12.1. The zero-order chi connectivity index (χ0) is 12.1. The van der Waals surface area contributed by atoms with Crippen LogP contribution in [0.15, 0.2) is 24.5 Å². The van der Waals surface area contributed by atoms with Crippen molar-refractivity contribution >= 4 is 11.6 Å². The molecule has 1 rings (SSSR count). The Bertz CT molecular complexity index is 337. The van der Waals surface area contributed by atoms with Gasteiger partial charge in [-0.3, -0.25) is 9.78 Å². The molecule has 0 fully saturated rings. The van der Waals surface area contributed by atoms with Crippen LogP contribution < -0.4 is 10.6 Å². The number of hydrogen-bond acceptors (Lipinski definition) is 3. The average Bonchev–Trinajstić information content (AvgIpc) is 2.30. The van der Waals surface area contributed by atoms with Crippen molar-refractivity contribution < 1.29 is 4.79 Å².